The summed E-state index contributed by atoms with van der Waals surface area (Å²) in [5.74, 6) is 0.999. The Morgan fingerprint density at radius 1 is 1.13 bits per heavy atom. The molecular weight excluding hydrogens is 414 g/mol. The third-order valence-electron chi connectivity index (χ3n) is 4.71. The van der Waals surface area contributed by atoms with Gasteiger partial charge in [-0.25, -0.2) is 9.97 Å². The molecule has 0 unspecified atom stereocenters. The number of ether oxygens (including phenoxy) is 1. The van der Waals surface area contributed by atoms with E-state index in [9.17, 15) is 4.79 Å². The molecule has 5 nitrogen and oxygen atoms in total. The normalized spacial score (nSPS) is 10.9. The first-order valence-electron chi connectivity index (χ1n) is 9.46. The van der Waals surface area contributed by atoms with Crippen LogP contribution in [0.2, 0.25) is 0 Å². The molecule has 2 aromatic heterocycles. The minimum absolute atomic E-state index is 0.0511. The van der Waals surface area contributed by atoms with Gasteiger partial charge >= 0.3 is 0 Å². The van der Waals surface area contributed by atoms with Gasteiger partial charge in [0.1, 0.15) is 21.9 Å². The Kier molecular flexibility index (Phi) is 6.30. The zero-order chi connectivity index (χ0) is 20.9. The molecule has 152 valence electrons. The molecule has 0 atom stereocenters. The van der Waals surface area contributed by atoms with Crippen LogP contribution in [0.1, 0.15) is 11.1 Å². The zero-order valence-electron chi connectivity index (χ0n) is 16.7. The molecule has 0 aliphatic carbocycles. The summed E-state index contributed by atoms with van der Waals surface area (Å²) in [6.07, 6.45) is 1.56. The third kappa shape index (κ3) is 4.47. The Bertz CT molecular complexity index is 1170. The van der Waals surface area contributed by atoms with E-state index in [4.69, 9.17) is 4.74 Å². The molecule has 0 spiro atoms. The number of carbonyl (C=O) groups excluding carboxylic acids is 1. The van der Waals surface area contributed by atoms with Gasteiger partial charge in [-0.05, 0) is 18.6 Å². The molecule has 4 rings (SSSR count). The van der Waals surface area contributed by atoms with Crippen LogP contribution in [0.4, 0.5) is 0 Å². The number of methoxy groups -OCH3 is 1. The monoisotopic (exact) mass is 435 g/mol. The highest BCUT2D eigenvalue weighted by Gasteiger charge is 2.15. The van der Waals surface area contributed by atoms with Crippen molar-refractivity contribution in [1.29, 1.82) is 0 Å². The number of amides is 1. The maximum Gasteiger partial charge on any atom is 0.230 e. The van der Waals surface area contributed by atoms with Crippen molar-refractivity contribution in [3.05, 3.63) is 71.4 Å². The molecule has 0 saturated heterocycles. The average molecular weight is 436 g/mol. The number of nitrogens with zero attached hydrogens (tertiary/aromatic N) is 2. The van der Waals surface area contributed by atoms with Crippen LogP contribution in [0, 0.1) is 6.92 Å². The maximum atomic E-state index is 12.4. The number of thiophene rings is 1. The minimum Gasteiger partial charge on any atom is -0.496 e. The van der Waals surface area contributed by atoms with Crippen LogP contribution >= 0.6 is 23.1 Å². The van der Waals surface area contributed by atoms with Crippen molar-refractivity contribution < 1.29 is 9.53 Å². The van der Waals surface area contributed by atoms with Gasteiger partial charge in [-0.1, -0.05) is 59.8 Å². The highest BCUT2D eigenvalue weighted by molar-refractivity contribution is 8.00. The summed E-state index contributed by atoms with van der Waals surface area (Å²) < 4.78 is 5.34. The van der Waals surface area contributed by atoms with Crippen molar-refractivity contribution in [3.8, 4) is 16.9 Å². The van der Waals surface area contributed by atoms with Gasteiger partial charge in [0.05, 0.1) is 18.2 Å². The number of aromatic nitrogens is 2. The molecule has 7 heteroatoms. The number of nitrogens with one attached hydrogen (secondary N) is 1. The fourth-order valence-corrected chi connectivity index (χ4v) is 4.95. The fraction of sp³-hybridized carbons (Fsp3) is 0.174. The van der Waals surface area contributed by atoms with Gasteiger partial charge in [0.2, 0.25) is 5.91 Å². The molecule has 0 saturated carbocycles. The van der Waals surface area contributed by atoms with Crippen molar-refractivity contribution >= 4 is 39.2 Å². The summed E-state index contributed by atoms with van der Waals surface area (Å²) >= 11 is 3.03. The summed E-state index contributed by atoms with van der Waals surface area (Å²) in [6.45, 7) is 2.50. The van der Waals surface area contributed by atoms with Crippen LogP contribution < -0.4 is 10.1 Å². The molecule has 2 heterocycles. The maximum absolute atomic E-state index is 12.4. The highest BCUT2D eigenvalue weighted by Crippen LogP contribution is 2.37. The average Bonchev–Trinajstić information content (AvgIpc) is 3.22. The first-order valence-corrected chi connectivity index (χ1v) is 11.3. The number of fused-ring (bicyclic) bond motifs is 1. The zero-order valence-corrected chi connectivity index (χ0v) is 18.3. The number of hydrogen-bond donors (Lipinski definition) is 1. The lowest BCUT2D eigenvalue weighted by Gasteiger charge is -2.10. The van der Waals surface area contributed by atoms with Crippen molar-refractivity contribution in [3.63, 3.8) is 0 Å². The number of benzene rings is 2. The third-order valence-corrected chi connectivity index (χ3v) is 6.58. The van der Waals surface area contributed by atoms with Gasteiger partial charge in [-0.3, -0.25) is 4.79 Å². The Balaban J connectivity index is 1.48. The largest absolute Gasteiger partial charge is 0.496 e. The lowest BCUT2D eigenvalue weighted by molar-refractivity contribution is -0.118. The van der Waals surface area contributed by atoms with Crippen LogP contribution in [0.15, 0.2) is 65.3 Å². The van der Waals surface area contributed by atoms with E-state index in [0.717, 1.165) is 37.7 Å². The van der Waals surface area contributed by atoms with Gasteiger partial charge in [-0.2, -0.15) is 0 Å². The number of para-hydroxylation sites is 1. The second kappa shape index (κ2) is 9.28. The number of hydrogen-bond acceptors (Lipinski definition) is 6. The molecule has 4 aromatic rings. The predicted octanol–water partition coefficient (Wildman–Crippen LogP) is 5.08. The van der Waals surface area contributed by atoms with E-state index >= 15 is 0 Å². The van der Waals surface area contributed by atoms with Crippen LogP contribution in [-0.4, -0.2) is 28.7 Å². The van der Waals surface area contributed by atoms with E-state index in [2.05, 4.69) is 51.9 Å². The lowest BCUT2D eigenvalue weighted by Crippen LogP contribution is -2.24. The van der Waals surface area contributed by atoms with Gasteiger partial charge in [0, 0.05) is 23.1 Å². The van der Waals surface area contributed by atoms with E-state index in [-0.39, 0.29) is 11.7 Å². The molecule has 0 aliphatic heterocycles. The van der Waals surface area contributed by atoms with Crippen LogP contribution in [0.25, 0.3) is 21.3 Å². The molecule has 0 radical (unpaired) electrons. The van der Waals surface area contributed by atoms with Crippen molar-refractivity contribution in [2.24, 2.45) is 0 Å². The smallest absolute Gasteiger partial charge is 0.230 e. The van der Waals surface area contributed by atoms with Crippen LogP contribution in [0.5, 0.6) is 5.75 Å². The Morgan fingerprint density at radius 3 is 2.73 bits per heavy atom. The minimum atomic E-state index is -0.0511. The van der Waals surface area contributed by atoms with Crippen LogP contribution in [-0.2, 0) is 11.3 Å². The summed E-state index contributed by atoms with van der Waals surface area (Å²) in [7, 11) is 1.63. The summed E-state index contributed by atoms with van der Waals surface area (Å²) in [5, 5.41) is 6.90. The summed E-state index contributed by atoms with van der Waals surface area (Å²) in [6, 6.07) is 16.1. The first kappa shape index (κ1) is 20.4. The number of rotatable bonds is 7. The number of thioether (sulfide) groups is 1. The first-order chi connectivity index (χ1) is 14.7. The quantitative estimate of drug-likeness (QED) is 0.324. The molecular formula is C23H21N3O2S2. The fourth-order valence-electron chi connectivity index (χ4n) is 3.13. The molecule has 30 heavy (non-hydrogen) atoms. The SMILES string of the molecule is COc1ccccc1CNC(=O)CSc1ncnc2scc(-c3ccc(C)cc3)c12. The predicted molar refractivity (Wildman–Crippen MR) is 123 cm³/mol. The Hall–Kier alpha value is -2.90. The molecule has 0 aliphatic rings. The second-order valence-corrected chi connectivity index (χ2v) is 8.57. The van der Waals surface area contributed by atoms with Gasteiger partial charge < -0.3 is 10.1 Å². The van der Waals surface area contributed by atoms with Crippen molar-refractivity contribution in [1.82, 2.24) is 15.3 Å². The van der Waals surface area contributed by atoms with Gasteiger partial charge in [-0.15, -0.1) is 11.3 Å². The molecule has 2 aromatic carbocycles. The highest BCUT2D eigenvalue weighted by atomic mass is 32.2. The number of carbonyl (C=O) groups is 1. The van der Waals surface area contributed by atoms with Gasteiger partial charge in [0.15, 0.2) is 0 Å². The van der Waals surface area contributed by atoms with Crippen LogP contribution in [0.3, 0.4) is 0 Å². The summed E-state index contributed by atoms with van der Waals surface area (Å²) in [5.41, 5.74) is 4.40. The summed E-state index contributed by atoms with van der Waals surface area (Å²) in [4.78, 5) is 22.2. The Labute approximate surface area is 183 Å². The van der Waals surface area contributed by atoms with E-state index in [1.165, 1.54) is 17.3 Å². The Morgan fingerprint density at radius 2 is 1.93 bits per heavy atom. The van der Waals surface area contributed by atoms with Crippen molar-refractivity contribution in [2.45, 2.75) is 18.5 Å². The van der Waals surface area contributed by atoms with E-state index < -0.39 is 0 Å². The number of aryl methyl sites for hydroxylation is 1. The topological polar surface area (TPSA) is 64.1 Å². The molecule has 1 amide bonds. The standard InChI is InChI=1S/C23H21N3O2S2/c1-15-7-9-16(10-8-15)18-12-29-22-21(18)23(26-14-25-22)30-13-20(27)24-11-17-5-3-4-6-19(17)28-2/h3-10,12,14H,11,13H2,1-2H3,(H,24,27). The second-order valence-electron chi connectivity index (χ2n) is 6.75. The van der Waals surface area contributed by atoms with E-state index in [1.807, 2.05) is 24.3 Å². The van der Waals surface area contributed by atoms with Crippen molar-refractivity contribution in [2.75, 3.05) is 12.9 Å². The van der Waals surface area contributed by atoms with E-state index in [1.54, 1.807) is 24.8 Å². The molecule has 1 N–H and O–H groups in total. The lowest BCUT2D eigenvalue weighted by atomic mass is 10.1. The van der Waals surface area contributed by atoms with E-state index in [0.29, 0.717) is 6.54 Å². The molecule has 0 bridgehead atoms. The van der Waals surface area contributed by atoms with Gasteiger partial charge in [0.25, 0.3) is 0 Å². The molecule has 0 fully saturated rings.